The Morgan fingerprint density at radius 1 is 1.27 bits per heavy atom. The highest BCUT2D eigenvalue weighted by Crippen LogP contribution is 2.19. The first-order valence-corrected chi connectivity index (χ1v) is 8.97. The van der Waals surface area contributed by atoms with Crippen LogP contribution in [0.3, 0.4) is 0 Å². The number of nitro groups is 1. The van der Waals surface area contributed by atoms with Crippen LogP contribution in [-0.4, -0.2) is 66.8 Å². The van der Waals surface area contributed by atoms with E-state index in [2.05, 4.69) is 4.90 Å². The van der Waals surface area contributed by atoms with Gasteiger partial charge in [0.15, 0.2) is 0 Å². The normalized spacial score (nSPS) is 15.6. The minimum Gasteiger partial charge on any atom is -0.492 e. The van der Waals surface area contributed by atoms with Crippen LogP contribution in [0, 0.1) is 16.0 Å². The number of ether oxygens (including phenoxy) is 2. The molecule has 0 spiro atoms. The molecule has 1 aliphatic heterocycles. The van der Waals surface area contributed by atoms with E-state index in [0.29, 0.717) is 44.5 Å². The van der Waals surface area contributed by atoms with Crippen LogP contribution in [0.2, 0.25) is 0 Å². The summed E-state index contributed by atoms with van der Waals surface area (Å²) in [5.74, 6) is 0.821. The highest BCUT2D eigenvalue weighted by Gasteiger charge is 2.20. The molecule has 0 bridgehead atoms. The number of non-ortho nitro benzene ring substituents is 1. The van der Waals surface area contributed by atoms with Crippen molar-refractivity contribution in [3.63, 3.8) is 0 Å². The highest BCUT2D eigenvalue weighted by molar-refractivity contribution is 5.67. The molecule has 0 N–H and O–H groups in total. The number of hydrogen-bond donors (Lipinski definition) is 0. The molecule has 1 aliphatic rings. The Balaban J connectivity index is 1.73. The van der Waals surface area contributed by atoms with Gasteiger partial charge in [0.05, 0.1) is 17.6 Å². The van der Waals surface area contributed by atoms with E-state index in [-0.39, 0.29) is 11.8 Å². The van der Waals surface area contributed by atoms with E-state index in [1.807, 2.05) is 13.8 Å². The molecule has 0 unspecified atom stereocenters. The van der Waals surface area contributed by atoms with E-state index in [0.717, 1.165) is 19.5 Å². The molecular weight excluding hydrogens is 338 g/mol. The summed E-state index contributed by atoms with van der Waals surface area (Å²) in [5, 5.41) is 10.8. The predicted octanol–water partition coefficient (Wildman–Crippen LogP) is 2.77. The SMILES string of the molecule is CC(C)COC(=O)N1CCCN(CCOc2cccc([N+](=O)[O-])c2)CC1. The lowest BCUT2D eigenvalue weighted by molar-refractivity contribution is -0.384. The number of benzene rings is 1. The number of rotatable bonds is 7. The number of nitrogens with zero attached hydrogens (tertiary/aromatic N) is 3. The lowest BCUT2D eigenvalue weighted by Crippen LogP contribution is -2.37. The summed E-state index contributed by atoms with van der Waals surface area (Å²) in [4.78, 5) is 26.4. The van der Waals surface area contributed by atoms with Gasteiger partial charge in [0, 0.05) is 38.8 Å². The first kappa shape index (κ1) is 20.0. The van der Waals surface area contributed by atoms with Gasteiger partial charge in [-0.1, -0.05) is 19.9 Å². The second-order valence-electron chi connectivity index (χ2n) is 6.76. The number of carbonyl (C=O) groups is 1. The molecule has 1 fully saturated rings. The highest BCUT2D eigenvalue weighted by atomic mass is 16.6. The summed E-state index contributed by atoms with van der Waals surface area (Å²) < 4.78 is 10.9. The fourth-order valence-electron chi connectivity index (χ4n) is 2.69. The molecule has 0 aliphatic carbocycles. The zero-order chi connectivity index (χ0) is 18.9. The van der Waals surface area contributed by atoms with Gasteiger partial charge in [-0.25, -0.2) is 4.79 Å². The molecule has 8 heteroatoms. The van der Waals surface area contributed by atoms with E-state index in [4.69, 9.17) is 9.47 Å². The van der Waals surface area contributed by atoms with E-state index < -0.39 is 4.92 Å². The smallest absolute Gasteiger partial charge is 0.409 e. The molecule has 1 aromatic rings. The first-order chi connectivity index (χ1) is 12.5. The second-order valence-corrected chi connectivity index (χ2v) is 6.76. The van der Waals surface area contributed by atoms with E-state index in [9.17, 15) is 14.9 Å². The standard InChI is InChI=1S/C18H27N3O5/c1-15(2)14-26-18(22)20-8-4-7-19(9-10-20)11-12-25-17-6-3-5-16(13-17)21(23)24/h3,5-6,13,15H,4,7-12,14H2,1-2H3. The van der Waals surface area contributed by atoms with E-state index in [1.54, 1.807) is 17.0 Å². The predicted molar refractivity (Wildman–Crippen MR) is 97.4 cm³/mol. The van der Waals surface area contributed by atoms with E-state index in [1.165, 1.54) is 12.1 Å². The van der Waals surface area contributed by atoms with Crippen molar-refractivity contribution in [1.29, 1.82) is 0 Å². The first-order valence-electron chi connectivity index (χ1n) is 8.97. The second kappa shape index (κ2) is 9.96. The maximum absolute atomic E-state index is 12.1. The van der Waals surface area contributed by atoms with Gasteiger partial charge in [-0.2, -0.15) is 0 Å². The summed E-state index contributed by atoms with van der Waals surface area (Å²) >= 11 is 0. The molecule has 1 heterocycles. The molecule has 1 saturated heterocycles. The van der Waals surface area contributed by atoms with Gasteiger partial charge >= 0.3 is 6.09 Å². The van der Waals surface area contributed by atoms with Gasteiger partial charge in [0.1, 0.15) is 12.4 Å². The number of hydrogen-bond acceptors (Lipinski definition) is 6. The summed E-state index contributed by atoms with van der Waals surface area (Å²) in [6.07, 6.45) is 0.640. The van der Waals surface area contributed by atoms with Crippen molar-refractivity contribution in [1.82, 2.24) is 9.80 Å². The molecule has 144 valence electrons. The largest absolute Gasteiger partial charge is 0.492 e. The minimum absolute atomic E-state index is 0.0211. The van der Waals surface area contributed by atoms with Crippen LogP contribution in [0.4, 0.5) is 10.5 Å². The third-order valence-electron chi connectivity index (χ3n) is 4.09. The van der Waals surface area contributed by atoms with Crippen LogP contribution in [0.25, 0.3) is 0 Å². The maximum atomic E-state index is 12.1. The molecule has 0 saturated carbocycles. The molecule has 1 aromatic carbocycles. The topological polar surface area (TPSA) is 85.2 Å². The maximum Gasteiger partial charge on any atom is 0.409 e. The van der Waals surface area contributed by atoms with Crippen molar-refractivity contribution in [3.05, 3.63) is 34.4 Å². The molecule has 8 nitrogen and oxygen atoms in total. The average molecular weight is 365 g/mol. The summed E-state index contributed by atoms with van der Waals surface area (Å²) in [5.41, 5.74) is 0.0211. The van der Waals surface area contributed by atoms with Crippen molar-refractivity contribution < 1.29 is 19.2 Å². The van der Waals surface area contributed by atoms with Gasteiger partial charge in [-0.05, 0) is 18.4 Å². The Kier molecular flexibility index (Phi) is 7.65. The molecule has 0 radical (unpaired) electrons. The van der Waals surface area contributed by atoms with Crippen LogP contribution >= 0.6 is 0 Å². The lowest BCUT2D eigenvalue weighted by Gasteiger charge is -2.22. The van der Waals surface area contributed by atoms with Crippen molar-refractivity contribution in [2.24, 2.45) is 5.92 Å². The van der Waals surface area contributed by atoms with Gasteiger partial charge in [0.2, 0.25) is 0 Å². The summed E-state index contributed by atoms with van der Waals surface area (Å²) in [6, 6.07) is 6.19. The van der Waals surface area contributed by atoms with Gasteiger partial charge in [-0.15, -0.1) is 0 Å². The molecule has 0 atom stereocenters. The van der Waals surface area contributed by atoms with Gasteiger partial charge in [-0.3, -0.25) is 15.0 Å². The van der Waals surface area contributed by atoms with Crippen LogP contribution in [0.5, 0.6) is 5.75 Å². The molecular formula is C18H27N3O5. The quantitative estimate of drug-likeness (QED) is 0.546. The number of carbonyl (C=O) groups excluding carboxylic acids is 1. The van der Waals surface area contributed by atoms with Crippen molar-refractivity contribution in [2.45, 2.75) is 20.3 Å². The van der Waals surface area contributed by atoms with E-state index >= 15 is 0 Å². The summed E-state index contributed by atoms with van der Waals surface area (Å²) in [6.45, 7) is 8.58. The molecule has 26 heavy (non-hydrogen) atoms. The Hall–Kier alpha value is -2.35. The Bertz CT molecular complexity index is 608. The van der Waals surface area contributed by atoms with Crippen LogP contribution in [0.1, 0.15) is 20.3 Å². The number of nitro benzene ring substituents is 1. The van der Waals surface area contributed by atoms with Gasteiger partial charge < -0.3 is 14.4 Å². The molecule has 2 rings (SSSR count). The lowest BCUT2D eigenvalue weighted by atomic mass is 10.2. The monoisotopic (exact) mass is 365 g/mol. The van der Waals surface area contributed by atoms with Crippen LogP contribution < -0.4 is 4.74 Å². The molecule has 0 aromatic heterocycles. The van der Waals surface area contributed by atoms with Crippen molar-refractivity contribution in [2.75, 3.05) is 45.9 Å². The molecule has 1 amide bonds. The third-order valence-corrected chi connectivity index (χ3v) is 4.09. The average Bonchev–Trinajstić information content (AvgIpc) is 2.85. The van der Waals surface area contributed by atoms with Crippen molar-refractivity contribution >= 4 is 11.8 Å². The summed E-state index contributed by atoms with van der Waals surface area (Å²) in [7, 11) is 0. The zero-order valence-electron chi connectivity index (χ0n) is 15.4. The zero-order valence-corrected chi connectivity index (χ0v) is 15.4. The number of amides is 1. The Morgan fingerprint density at radius 3 is 2.81 bits per heavy atom. The third kappa shape index (κ3) is 6.51. The van der Waals surface area contributed by atoms with Crippen LogP contribution in [-0.2, 0) is 4.74 Å². The fourth-order valence-corrected chi connectivity index (χ4v) is 2.69. The Labute approximate surface area is 153 Å². The van der Waals surface area contributed by atoms with Crippen LogP contribution in [0.15, 0.2) is 24.3 Å². The van der Waals surface area contributed by atoms with Crippen molar-refractivity contribution in [3.8, 4) is 5.75 Å². The Morgan fingerprint density at radius 2 is 2.08 bits per heavy atom. The fraction of sp³-hybridized carbons (Fsp3) is 0.611. The van der Waals surface area contributed by atoms with Gasteiger partial charge in [0.25, 0.3) is 5.69 Å². The minimum atomic E-state index is -0.436.